The minimum absolute atomic E-state index is 0.378. The van der Waals surface area contributed by atoms with E-state index in [-0.39, 0.29) is 0 Å². The fourth-order valence-corrected chi connectivity index (χ4v) is 3.36. The summed E-state index contributed by atoms with van der Waals surface area (Å²) in [4.78, 5) is 0. The first-order valence-electron chi connectivity index (χ1n) is 6.75. The summed E-state index contributed by atoms with van der Waals surface area (Å²) >= 11 is 0. The molecule has 1 atom stereocenters. The Kier molecular flexibility index (Phi) is 3.57. The fourth-order valence-electron chi connectivity index (χ4n) is 2.62. The molecule has 0 aromatic heterocycles. The molecule has 1 unspecified atom stereocenters. The van der Waals surface area contributed by atoms with Crippen LogP contribution in [-0.4, -0.2) is 24.1 Å². The van der Waals surface area contributed by atoms with Crippen molar-refractivity contribution in [3.8, 4) is 0 Å². The Balaban J connectivity index is 1.89. The van der Waals surface area contributed by atoms with Gasteiger partial charge in [-0.25, -0.2) is 8.42 Å². The van der Waals surface area contributed by atoms with Crippen LogP contribution >= 0.6 is 0 Å². The number of aliphatic hydroxyl groups is 1. The van der Waals surface area contributed by atoms with Crippen LogP contribution in [0.3, 0.4) is 0 Å². The van der Waals surface area contributed by atoms with Crippen molar-refractivity contribution >= 4 is 10.0 Å². The average Bonchev–Trinajstić information content (AvgIpc) is 2.90. The molecule has 0 bridgehead atoms. The molecule has 3 rings (SSSR count). The number of fused-ring (bicyclic) bond motifs is 1. The zero-order chi connectivity index (χ0) is 15.0. The summed E-state index contributed by atoms with van der Waals surface area (Å²) in [7, 11) is -3.18. The lowest BCUT2D eigenvalue weighted by Gasteiger charge is -2.12. The van der Waals surface area contributed by atoms with Crippen molar-refractivity contribution in [2.45, 2.75) is 19.2 Å². The van der Waals surface area contributed by atoms with E-state index in [1.165, 1.54) is 10.6 Å². The fraction of sp³-hybridized carbons (Fsp3) is 0.250. The largest absolute Gasteiger partial charge is 0.384 e. The average molecular weight is 303 g/mol. The highest BCUT2D eigenvalue weighted by Crippen LogP contribution is 2.29. The quantitative estimate of drug-likeness (QED) is 0.944. The summed E-state index contributed by atoms with van der Waals surface area (Å²) in [5, 5.41) is 10.4. The minimum atomic E-state index is -3.18. The maximum atomic E-state index is 11.6. The number of rotatable bonds is 3. The zero-order valence-corrected chi connectivity index (χ0v) is 12.5. The van der Waals surface area contributed by atoms with Gasteiger partial charge in [-0.05, 0) is 22.3 Å². The molecule has 2 aromatic carbocycles. The van der Waals surface area contributed by atoms with Crippen LogP contribution in [0, 0.1) is 0 Å². The number of aliphatic hydroxyl groups excluding tert-OH is 1. The molecule has 1 aliphatic heterocycles. The van der Waals surface area contributed by atoms with Crippen LogP contribution in [0.2, 0.25) is 0 Å². The van der Waals surface area contributed by atoms with Gasteiger partial charge >= 0.3 is 0 Å². The molecule has 0 aliphatic carbocycles. The molecule has 21 heavy (non-hydrogen) atoms. The smallest absolute Gasteiger partial charge is 0.211 e. The molecule has 0 saturated carbocycles. The maximum absolute atomic E-state index is 11.6. The normalized spacial score (nSPS) is 16.7. The van der Waals surface area contributed by atoms with Crippen molar-refractivity contribution in [2.75, 3.05) is 6.26 Å². The van der Waals surface area contributed by atoms with Gasteiger partial charge in [-0.2, -0.15) is 4.31 Å². The van der Waals surface area contributed by atoms with E-state index in [4.69, 9.17) is 0 Å². The predicted octanol–water partition coefficient (Wildman–Crippen LogP) is 2.04. The Labute approximate surface area is 124 Å². The van der Waals surface area contributed by atoms with E-state index >= 15 is 0 Å². The molecule has 1 N–H and O–H groups in total. The topological polar surface area (TPSA) is 57.6 Å². The third kappa shape index (κ3) is 2.85. The van der Waals surface area contributed by atoms with Gasteiger partial charge < -0.3 is 5.11 Å². The second-order valence-electron chi connectivity index (χ2n) is 5.37. The predicted molar refractivity (Wildman–Crippen MR) is 81.0 cm³/mol. The molecule has 0 spiro atoms. The van der Waals surface area contributed by atoms with E-state index in [9.17, 15) is 13.5 Å². The third-order valence-electron chi connectivity index (χ3n) is 3.82. The first-order chi connectivity index (χ1) is 9.95. The molecule has 1 aliphatic rings. The maximum Gasteiger partial charge on any atom is 0.211 e. The standard InChI is InChI=1S/C16H17NO3S/c1-21(19,20)17-10-14-8-7-13(9-15(14)11-17)16(18)12-5-3-2-4-6-12/h2-9,16,18H,10-11H2,1H3. The molecule has 0 amide bonds. The number of hydrogen-bond acceptors (Lipinski definition) is 3. The van der Waals surface area contributed by atoms with Crippen LogP contribution in [0.5, 0.6) is 0 Å². The minimum Gasteiger partial charge on any atom is -0.384 e. The lowest BCUT2D eigenvalue weighted by Crippen LogP contribution is -2.23. The second kappa shape index (κ2) is 5.26. The van der Waals surface area contributed by atoms with E-state index in [1.807, 2.05) is 48.5 Å². The van der Waals surface area contributed by atoms with Crippen molar-refractivity contribution < 1.29 is 13.5 Å². The molecule has 110 valence electrons. The molecule has 2 aromatic rings. The van der Waals surface area contributed by atoms with E-state index in [0.717, 1.165) is 22.3 Å². The zero-order valence-electron chi connectivity index (χ0n) is 11.7. The Morgan fingerprint density at radius 1 is 1.00 bits per heavy atom. The summed E-state index contributed by atoms with van der Waals surface area (Å²) < 4.78 is 24.7. The SMILES string of the molecule is CS(=O)(=O)N1Cc2ccc(C(O)c3ccccc3)cc2C1. The number of benzene rings is 2. The van der Waals surface area contributed by atoms with Crippen LogP contribution < -0.4 is 0 Å². The van der Waals surface area contributed by atoms with Crippen LogP contribution in [-0.2, 0) is 23.1 Å². The third-order valence-corrected chi connectivity index (χ3v) is 5.02. The van der Waals surface area contributed by atoms with Gasteiger partial charge in [0.25, 0.3) is 0 Å². The lowest BCUT2D eigenvalue weighted by molar-refractivity contribution is 0.220. The highest BCUT2D eigenvalue weighted by molar-refractivity contribution is 7.88. The second-order valence-corrected chi connectivity index (χ2v) is 7.35. The molecule has 0 saturated heterocycles. The summed E-state index contributed by atoms with van der Waals surface area (Å²) in [6.45, 7) is 0.791. The Morgan fingerprint density at radius 3 is 2.33 bits per heavy atom. The summed E-state index contributed by atoms with van der Waals surface area (Å²) in [5.41, 5.74) is 3.59. The van der Waals surface area contributed by atoms with E-state index in [1.54, 1.807) is 0 Å². The van der Waals surface area contributed by atoms with Gasteiger partial charge in [0, 0.05) is 13.1 Å². The van der Waals surface area contributed by atoms with Gasteiger partial charge in [0.05, 0.1) is 6.26 Å². The van der Waals surface area contributed by atoms with Crippen LogP contribution in [0.4, 0.5) is 0 Å². The summed E-state index contributed by atoms with van der Waals surface area (Å²) in [6.07, 6.45) is 0.530. The van der Waals surface area contributed by atoms with Gasteiger partial charge in [-0.15, -0.1) is 0 Å². The van der Waals surface area contributed by atoms with E-state index < -0.39 is 16.1 Å². The van der Waals surface area contributed by atoms with Crippen molar-refractivity contribution in [1.82, 2.24) is 4.31 Å². The first-order valence-corrected chi connectivity index (χ1v) is 8.60. The van der Waals surface area contributed by atoms with Crippen molar-refractivity contribution in [1.29, 1.82) is 0 Å². The number of sulfonamides is 1. The summed E-state index contributed by atoms with van der Waals surface area (Å²) in [6, 6.07) is 15.1. The molecule has 1 heterocycles. The lowest BCUT2D eigenvalue weighted by atomic mass is 9.98. The first kappa shape index (κ1) is 14.3. The Morgan fingerprint density at radius 2 is 1.67 bits per heavy atom. The Bertz CT molecular complexity index is 756. The van der Waals surface area contributed by atoms with Crippen LogP contribution in [0.25, 0.3) is 0 Å². The van der Waals surface area contributed by atoms with E-state index in [2.05, 4.69) is 0 Å². The molecular formula is C16H17NO3S. The molecular weight excluding hydrogens is 286 g/mol. The van der Waals surface area contributed by atoms with Crippen LogP contribution in [0.1, 0.15) is 28.4 Å². The molecule has 0 radical (unpaired) electrons. The van der Waals surface area contributed by atoms with Crippen molar-refractivity contribution in [3.05, 3.63) is 70.8 Å². The molecule has 4 nitrogen and oxygen atoms in total. The van der Waals surface area contributed by atoms with Crippen molar-refractivity contribution in [2.24, 2.45) is 0 Å². The Hall–Kier alpha value is -1.69. The highest BCUT2D eigenvalue weighted by atomic mass is 32.2. The number of nitrogens with zero attached hydrogens (tertiary/aromatic N) is 1. The van der Waals surface area contributed by atoms with Gasteiger partial charge in [-0.3, -0.25) is 0 Å². The highest BCUT2D eigenvalue weighted by Gasteiger charge is 2.26. The van der Waals surface area contributed by atoms with Gasteiger partial charge in [0.2, 0.25) is 10.0 Å². The molecule has 0 fully saturated rings. The number of hydrogen-bond donors (Lipinski definition) is 1. The van der Waals surface area contributed by atoms with Gasteiger partial charge in [0.15, 0.2) is 0 Å². The van der Waals surface area contributed by atoms with Crippen molar-refractivity contribution in [3.63, 3.8) is 0 Å². The summed E-state index contributed by atoms with van der Waals surface area (Å²) in [5.74, 6) is 0. The van der Waals surface area contributed by atoms with Crippen LogP contribution in [0.15, 0.2) is 48.5 Å². The monoisotopic (exact) mass is 303 g/mol. The van der Waals surface area contributed by atoms with Gasteiger partial charge in [-0.1, -0.05) is 48.5 Å². The molecule has 5 heteroatoms. The van der Waals surface area contributed by atoms with Gasteiger partial charge in [0.1, 0.15) is 6.10 Å². The van der Waals surface area contributed by atoms with E-state index in [0.29, 0.717) is 13.1 Å².